The molecule has 1 unspecified atom stereocenters. The molecule has 1 atom stereocenters. The molecule has 4 heteroatoms. The van der Waals surface area contributed by atoms with Crippen LogP contribution in [0.3, 0.4) is 0 Å². The summed E-state index contributed by atoms with van der Waals surface area (Å²) in [5.41, 5.74) is 0.244. The van der Waals surface area contributed by atoms with Gasteiger partial charge in [-0.25, -0.2) is 4.79 Å². The zero-order chi connectivity index (χ0) is 11.8. The predicted molar refractivity (Wildman–Crippen MR) is 55.9 cm³/mol. The Kier molecular flexibility index (Phi) is 6.09. The lowest BCUT2D eigenvalue weighted by Crippen LogP contribution is -2.22. The Morgan fingerprint density at radius 2 is 2.00 bits per heavy atom. The molecule has 0 saturated heterocycles. The molecule has 0 aliphatic carbocycles. The van der Waals surface area contributed by atoms with E-state index < -0.39 is 18.2 Å². The van der Waals surface area contributed by atoms with E-state index in [1.54, 1.807) is 0 Å². The van der Waals surface area contributed by atoms with Crippen LogP contribution in [0.15, 0.2) is 24.8 Å². The van der Waals surface area contributed by atoms with Crippen LogP contribution in [0.4, 0.5) is 0 Å². The lowest BCUT2D eigenvalue weighted by atomic mass is 10.3. The maximum atomic E-state index is 11.1. The van der Waals surface area contributed by atoms with E-state index in [1.807, 2.05) is 6.92 Å². The molecular weight excluding hydrogens is 196 g/mol. The van der Waals surface area contributed by atoms with Crippen LogP contribution in [0.1, 0.15) is 26.7 Å². The molecule has 15 heavy (non-hydrogen) atoms. The molecule has 0 rings (SSSR count). The summed E-state index contributed by atoms with van der Waals surface area (Å²) in [6.45, 7) is 10.2. The Bertz CT molecular complexity index is 268. The van der Waals surface area contributed by atoms with Crippen LogP contribution in [0.2, 0.25) is 0 Å². The van der Waals surface area contributed by atoms with Crippen molar-refractivity contribution in [3.05, 3.63) is 24.8 Å². The number of carbonyl (C=O) groups is 2. The predicted octanol–water partition coefficient (Wildman–Crippen LogP) is 1.96. The zero-order valence-corrected chi connectivity index (χ0v) is 9.12. The maximum Gasteiger partial charge on any atom is 0.336 e. The Labute approximate surface area is 89.6 Å². The van der Waals surface area contributed by atoms with Gasteiger partial charge in [0.15, 0.2) is 0 Å². The van der Waals surface area contributed by atoms with Crippen molar-refractivity contribution >= 4 is 11.9 Å². The minimum Gasteiger partial charge on any atom is -0.421 e. The summed E-state index contributed by atoms with van der Waals surface area (Å²) < 4.78 is 9.60. The van der Waals surface area contributed by atoms with Gasteiger partial charge < -0.3 is 9.47 Å². The summed E-state index contributed by atoms with van der Waals surface area (Å²) >= 11 is 0. The number of rotatable bonds is 6. The fraction of sp³-hybridized carbons (Fsp3) is 0.455. The molecule has 0 heterocycles. The molecule has 0 aliphatic rings. The van der Waals surface area contributed by atoms with E-state index in [0.29, 0.717) is 6.42 Å². The van der Waals surface area contributed by atoms with E-state index in [-0.39, 0.29) is 12.0 Å². The quantitative estimate of drug-likeness (QED) is 0.292. The van der Waals surface area contributed by atoms with Crippen molar-refractivity contribution < 1.29 is 19.1 Å². The minimum absolute atomic E-state index is 0.244. The van der Waals surface area contributed by atoms with Gasteiger partial charge in [-0.15, -0.1) is 0 Å². The van der Waals surface area contributed by atoms with Crippen molar-refractivity contribution in [3.8, 4) is 0 Å². The molecule has 0 aromatic carbocycles. The first kappa shape index (κ1) is 13.4. The first-order chi connectivity index (χ1) is 7.01. The molecule has 4 nitrogen and oxygen atoms in total. The van der Waals surface area contributed by atoms with Gasteiger partial charge in [0.05, 0.1) is 0 Å². The highest BCUT2D eigenvalue weighted by molar-refractivity contribution is 5.87. The third-order valence-corrected chi connectivity index (χ3v) is 1.47. The van der Waals surface area contributed by atoms with E-state index in [4.69, 9.17) is 9.47 Å². The minimum atomic E-state index is -1.03. The zero-order valence-electron chi connectivity index (χ0n) is 9.12. The van der Waals surface area contributed by atoms with Crippen molar-refractivity contribution in [1.29, 1.82) is 0 Å². The summed E-state index contributed by atoms with van der Waals surface area (Å²) in [5, 5.41) is 0. The van der Waals surface area contributed by atoms with E-state index >= 15 is 0 Å². The van der Waals surface area contributed by atoms with Gasteiger partial charge in [0, 0.05) is 12.0 Å². The molecule has 0 radical (unpaired) electrons. The Balaban J connectivity index is 4.14. The Morgan fingerprint density at radius 3 is 2.40 bits per heavy atom. The van der Waals surface area contributed by atoms with Gasteiger partial charge in [-0.3, -0.25) is 4.79 Å². The molecule has 0 aromatic rings. The van der Waals surface area contributed by atoms with Gasteiger partial charge in [-0.05, 0) is 19.4 Å². The summed E-state index contributed by atoms with van der Waals surface area (Å²) in [4.78, 5) is 22.2. The van der Waals surface area contributed by atoms with Crippen LogP contribution in [-0.4, -0.2) is 18.2 Å². The molecule has 0 saturated carbocycles. The average Bonchev–Trinajstić information content (AvgIpc) is 2.16. The fourth-order valence-electron chi connectivity index (χ4n) is 0.719. The number of hydrogen-bond acceptors (Lipinski definition) is 4. The second-order valence-corrected chi connectivity index (χ2v) is 3.03. The SMILES string of the molecule is C=CC(OC(=O)CCC)OC(=O)C(=C)C. The van der Waals surface area contributed by atoms with Gasteiger partial charge >= 0.3 is 11.9 Å². The number of carbonyl (C=O) groups excluding carboxylic acids is 2. The van der Waals surface area contributed by atoms with Crippen LogP contribution < -0.4 is 0 Å². The lowest BCUT2D eigenvalue weighted by Gasteiger charge is -2.14. The highest BCUT2D eigenvalue weighted by atomic mass is 16.7. The molecular formula is C11H16O4. The van der Waals surface area contributed by atoms with Crippen LogP contribution >= 0.6 is 0 Å². The molecule has 0 amide bonds. The summed E-state index contributed by atoms with van der Waals surface area (Å²) in [6, 6.07) is 0. The van der Waals surface area contributed by atoms with E-state index in [0.717, 1.165) is 0 Å². The van der Waals surface area contributed by atoms with Gasteiger partial charge in [0.25, 0.3) is 6.29 Å². The molecule has 0 fully saturated rings. The van der Waals surface area contributed by atoms with Crippen LogP contribution in [0, 0.1) is 0 Å². The first-order valence-electron chi connectivity index (χ1n) is 4.69. The normalized spacial score (nSPS) is 11.3. The van der Waals surface area contributed by atoms with Crippen molar-refractivity contribution in [1.82, 2.24) is 0 Å². The van der Waals surface area contributed by atoms with Crippen LogP contribution in [0.25, 0.3) is 0 Å². The van der Waals surface area contributed by atoms with E-state index in [9.17, 15) is 9.59 Å². The molecule has 0 spiro atoms. The number of esters is 2. The first-order valence-corrected chi connectivity index (χ1v) is 4.69. The second-order valence-electron chi connectivity index (χ2n) is 3.03. The van der Waals surface area contributed by atoms with Crippen molar-refractivity contribution in [2.24, 2.45) is 0 Å². The molecule has 84 valence electrons. The highest BCUT2D eigenvalue weighted by Crippen LogP contribution is 2.04. The Hall–Kier alpha value is -1.58. The second kappa shape index (κ2) is 6.81. The third-order valence-electron chi connectivity index (χ3n) is 1.47. The number of hydrogen-bond donors (Lipinski definition) is 0. The van der Waals surface area contributed by atoms with Crippen LogP contribution in [0.5, 0.6) is 0 Å². The monoisotopic (exact) mass is 212 g/mol. The third kappa shape index (κ3) is 5.67. The highest BCUT2D eigenvalue weighted by Gasteiger charge is 2.15. The molecule has 0 aromatic heterocycles. The summed E-state index contributed by atoms with van der Waals surface area (Å²) in [6.07, 6.45) is 1.17. The fourth-order valence-corrected chi connectivity index (χ4v) is 0.719. The maximum absolute atomic E-state index is 11.1. The van der Waals surface area contributed by atoms with Gasteiger partial charge in [0.2, 0.25) is 0 Å². The number of ether oxygens (including phenoxy) is 2. The van der Waals surface area contributed by atoms with Gasteiger partial charge in [0.1, 0.15) is 0 Å². The van der Waals surface area contributed by atoms with E-state index in [1.165, 1.54) is 13.0 Å². The van der Waals surface area contributed by atoms with Crippen molar-refractivity contribution in [3.63, 3.8) is 0 Å². The van der Waals surface area contributed by atoms with Crippen molar-refractivity contribution in [2.75, 3.05) is 0 Å². The summed E-state index contributed by atoms with van der Waals surface area (Å²) in [5.74, 6) is -1.03. The molecule has 0 N–H and O–H groups in total. The molecule has 0 aliphatic heterocycles. The summed E-state index contributed by atoms with van der Waals surface area (Å²) in [7, 11) is 0. The smallest absolute Gasteiger partial charge is 0.336 e. The Morgan fingerprint density at radius 1 is 1.40 bits per heavy atom. The topological polar surface area (TPSA) is 52.6 Å². The van der Waals surface area contributed by atoms with Gasteiger partial charge in [-0.2, -0.15) is 0 Å². The van der Waals surface area contributed by atoms with Crippen molar-refractivity contribution in [2.45, 2.75) is 33.0 Å². The van der Waals surface area contributed by atoms with Gasteiger partial charge in [-0.1, -0.05) is 20.1 Å². The van der Waals surface area contributed by atoms with E-state index in [2.05, 4.69) is 13.2 Å². The largest absolute Gasteiger partial charge is 0.421 e. The average molecular weight is 212 g/mol. The lowest BCUT2D eigenvalue weighted by molar-refractivity contribution is -0.176. The standard InChI is InChI=1S/C11H16O4/c1-5-7-9(12)14-10(6-2)15-11(13)8(3)4/h6,10H,2-3,5,7H2,1,4H3. The molecule has 0 bridgehead atoms. The van der Waals surface area contributed by atoms with Crippen LogP contribution in [-0.2, 0) is 19.1 Å².